The highest BCUT2D eigenvalue weighted by Gasteiger charge is 2.32. The Labute approximate surface area is 97.7 Å². The van der Waals surface area contributed by atoms with Gasteiger partial charge in [0.1, 0.15) is 0 Å². The maximum atomic E-state index is 2.39. The zero-order valence-electron chi connectivity index (χ0n) is 9.77. The van der Waals surface area contributed by atoms with Gasteiger partial charge in [-0.2, -0.15) is 0 Å². The van der Waals surface area contributed by atoms with Crippen LogP contribution in [0.2, 0.25) is 0 Å². The molecule has 2 aliphatic rings. The Hall–Kier alpha value is -1.30. The van der Waals surface area contributed by atoms with Gasteiger partial charge in [-0.05, 0) is 43.1 Å². The van der Waals surface area contributed by atoms with Gasteiger partial charge in [-0.15, -0.1) is 0 Å². The van der Waals surface area contributed by atoms with Crippen molar-refractivity contribution >= 4 is 0 Å². The minimum Gasteiger partial charge on any atom is -0.0808 e. The van der Waals surface area contributed by atoms with Gasteiger partial charge in [0.15, 0.2) is 0 Å². The first-order valence-corrected chi connectivity index (χ1v) is 6.24. The predicted octanol–water partition coefficient (Wildman–Crippen LogP) is 4.23. The van der Waals surface area contributed by atoms with Crippen LogP contribution in [0.15, 0.2) is 48.6 Å². The molecule has 2 aliphatic carbocycles. The van der Waals surface area contributed by atoms with E-state index in [0.29, 0.717) is 0 Å². The minimum absolute atomic E-state index is 0.767. The molecule has 0 aromatic heterocycles. The second-order valence-electron chi connectivity index (χ2n) is 5.18. The van der Waals surface area contributed by atoms with E-state index in [1.165, 1.54) is 24.0 Å². The van der Waals surface area contributed by atoms with Gasteiger partial charge in [-0.1, -0.05) is 54.1 Å². The fourth-order valence-corrected chi connectivity index (χ4v) is 3.07. The molecular formula is C16H18. The van der Waals surface area contributed by atoms with Crippen molar-refractivity contribution in [2.45, 2.75) is 25.7 Å². The van der Waals surface area contributed by atoms with Gasteiger partial charge in [0.05, 0.1) is 0 Å². The standard InChI is InChI=1S/C16H18/c1-12-6-8-13(9-7-12)16-10-14-4-2-3-5-15(14)11-16/h2-9,14-16H,10-11H2,1H3. The normalized spacial score (nSPS) is 31.7. The third kappa shape index (κ3) is 1.73. The Morgan fingerprint density at radius 2 is 1.44 bits per heavy atom. The van der Waals surface area contributed by atoms with Gasteiger partial charge in [-0.25, -0.2) is 0 Å². The molecule has 0 bridgehead atoms. The largest absolute Gasteiger partial charge is 0.0808 e. The van der Waals surface area contributed by atoms with Crippen molar-refractivity contribution in [2.24, 2.45) is 11.8 Å². The smallest absolute Gasteiger partial charge is 0.0150 e. The molecule has 2 atom stereocenters. The number of benzene rings is 1. The third-order valence-corrected chi connectivity index (χ3v) is 4.04. The summed E-state index contributed by atoms with van der Waals surface area (Å²) in [5, 5.41) is 0. The van der Waals surface area contributed by atoms with E-state index in [9.17, 15) is 0 Å². The molecule has 0 radical (unpaired) electrons. The van der Waals surface area contributed by atoms with Gasteiger partial charge in [0.25, 0.3) is 0 Å². The van der Waals surface area contributed by atoms with Crippen LogP contribution in [0.4, 0.5) is 0 Å². The van der Waals surface area contributed by atoms with E-state index in [-0.39, 0.29) is 0 Å². The number of allylic oxidation sites excluding steroid dienone is 4. The lowest BCUT2D eigenvalue weighted by Gasteiger charge is -2.13. The molecule has 1 aromatic carbocycles. The summed E-state index contributed by atoms with van der Waals surface area (Å²) in [5.74, 6) is 2.34. The fraction of sp³-hybridized carbons (Fsp3) is 0.375. The Balaban J connectivity index is 1.80. The Kier molecular flexibility index (Phi) is 2.43. The predicted molar refractivity (Wildman–Crippen MR) is 68.4 cm³/mol. The number of fused-ring (bicyclic) bond motifs is 1. The van der Waals surface area contributed by atoms with Crippen molar-refractivity contribution in [3.8, 4) is 0 Å². The van der Waals surface area contributed by atoms with Gasteiger partial charge in [-0.3, -0.25) is 0 Å². The molecule has 0 nitrogen and oxygen atoms in total. The molecule has 1 aromatic rings. The molecule has 0 spiro atoms. The summed E-state index contributed by atoms with van der Waals surface area (Å²) < 4.78 is 0. The SMILES string of the molecule is Cc1ccc(C2CC3C=CC=CC3C2)cc1. The maximum Gasteiger partial charge on any atom is -0.0150 e. The summed E-state index contributed by atoms with van der Waals surface area (Å²) in [6, 6.07) is 9.10. The highest BCUT2D eigenvalue weighted by Crippen LogP contribution is 2.44. The van der Waals surface area contributed by atoms with Gasteiger partial charge < -0.3 is 0 Å². The second kappa shape index (κ2) is 3.93. The molecule has 0 saturated heterocycles. The fourth-order valence-electron chi connectivity index (χ4n) is 3.07. The lowest BCUT2D eigenvalue weighted by atomic mass is 9.92. The van der Waals surface area contributed by atoms with E-state index in [4.69, 9.17) is 0 Å². The number of aryl methyl sites for hydroxylation is 1. The van der Waals surface area contributed by atoms with E-state index >= 15 is 0 Å². The highest BCUT2D eigenvalue weighted by atomic mass is 14.4. The topological polar surface area (TPSA) is 0 Å². The molecule has 0 heteroatoms. The first kappa shape index (κ1) is 9.89. The minimum atomic E-state index is 0.767. The van der Waals surface area contributed by atoms with E-state index in [1.807, 2.05) is 0 Å². The Morgan fingerprint density at radius 1 is 0.875 bits per heavy atom. The molecule has 2 unspecified atom stereocenters. The van der Waals surface area contributed by atoms with Crippen molar-refractivity contribution in [1.82, 2.24) is 0 Å². The van der Waals surface area contributed by atoms with Gasteiger partial charge in [0, 0.05) is 0 Å². The first-order valence-electron chi connectivity index (χ1n) is 6.24. The van der Waals surface area contributed by atoms with Crippen molar-refractivity contribution in [3.63, 3.8) is 0 Å². The van der Waals surface area contributed by atoms with Crippen LogP contribution in [0.25, 0.3) is 0 Å². The Morgan fingerprint density at radius 3 is 2.00 bits per heavy atom. The van der Waals surface area contributed by atoms with Crippen molar-refractivity contribution in [1.29, 1.82) is 0 Å². The van der Waals surface area contributed by atoms with E-state index in [1.54, 1.807) is 0 Å². The number of hydrogen-bond donors (Lipinski definition) is 0. The van der Waals surface area contributed by atoms with Crippen LogP contribution in [0, 0.1) is 18.8 Å². The van der Waals surface area contributed by atoms with Crippen LogP contribution in [-0.4, -0.2) is 0 Å². The monoisotopic (exact) mass is 210 g/mol. The van der Waals surface area contributed by atoms with Crippen molar-refractivity contribution in [3.05, 3.63) is 59.7 Å². The zero-order chi connectivity index (χ0) is 11.0. The van der Waals surface area contributed by atoms with Crippen molar-refractivity contribution in [2.75, 3.05) is 0 Å². The molecule has 1 saturated carbocycles. The number of hydrogen-bond acceptors (Lipinski definition) is 0. The van der Waals surface area contributed by atoms with E-state index in [2.05, 4.69) is 55.5 Å². The quantitative estimate of drug-likeness (QED) is 0.650. The van der Waals surface area contributed by atoms with Crippen LogP contribution >= 0.6 is 0 Å². The average molecular weight is 210 g/mol. The van der Waals surface area contributed by atoms with Crippen LogP contribution in [0.3, 0.4) is 0 Å². The van der Waals surface area contributed by atoms with Crippen LogP contribution in [0.5, 0.6) is 0 Å². The summed E-state index contributed by atoms with van der Waals surface area (Å²) in [7, 11) is 0. The number of rotatable bonds is 1. The molecule has 1 fully saturated rings. The molecule has 0 heterocycles. The van der Waals surface area contributed by atoms with Gasteiger partial charge >= 0.3 is 0 Å². The molecule has 0 amide bonds. The lowest BCUT2D eigenvalue weighted by Crippen LogP contribution is -2.03. The molecule has 0 N–H and O–H groups in total. The first-order chi connectivity index (χ1) is 7.83. The highest BCUT2D eigenvalue weighted by molar-refractivity contribution is 5.28. The molecular weight excluding hydrogens is 192 g/mol. The van der Waals surface area contributed by atoms with Crippen LogP contribution < -0.4 is 0 Å². The van der Waals surface area contributed by atoms with Gasteiger partial charge in [0.2, 0.25) is 0 Å². The average Bonchev–Trinajstić information content (AvgIpc) is 2.73. The third-order valence-electron chi connectivity index (χ3n) is 4.04. The zero-order valence-corrected chi connectivity index (χ0v) is 9.77. The second-order valence-corrected chi connectivity index (χ2v) is 5.18. The summed E-state index contributed by atoms with van der Waals surface area (Å²) >= 11 is 0. The Bertz CT molecular complexity index is 402. The van der Waals surface area contributed by atoms with E-state index in [0.717, 1.165) is 17.8 Å². The summed E-state index contributed by atoms with van der Waals surface area (Å²) in [5.41, 5.74) is 2.89. The maximum absolute atomic E-state index is 2.39. The molecule has 0 aliphatic heterocycles. The summed E-state index contributed by atoms with van der Waals surface area (Å²) in [6.45, 7) is 2.16. The van der Waals surface area contributed by atoms with Crippen LogP contribution in [-0.2, 0) is 0 Å². The van der Waals surface area contributed by atoms with Crippen molar-refractivity contribution < 1.29 is 0 Å². The molecule has 3 rings (SSSR count). The summed E-state index contributed by atoms with van der Waals surface area (Å²) in [4.78, 5) is 0. The molecule has 16 heavy (non-hydrogen) atoms. The lowest BCUT2D eigenvalue weighted by molar-refractivity contribution is 0.552. The van der Waals surface area contributed by atoms with Crippen LogP contribution in [0.1, 0.15) is 29.9 Å². The summed E-state index contributed by atoms with van der Waals surface area (Å²) in [6.07, 6.45) is 11.8. The van der Waals surface area contributed by atoms with E-state index < -0.39 is 0 Å². The molecule has 82 valence electrons.